The average molecular weight is 364 g/mol. The lowest BCUT2D eigenvalue weighted by molar-refractivity contribution is 0.340. The predicted octanol–water partition coefficient (Wildman–Crippen LogP) is 4.28. The Balaban J connectivity index is 1.57. The van der Waals surface area contributed by atoms with Gasteiger partial charge in [0.2, 0.25) is 0 Å². The summed E-state index contributed by atoms with van der Waals surface area (Å²) in [5.41, 5.74) is 2.10. The number of hydrogen-bond acceptors (Lipinski definition) is 6. The van der Waals surface area contributed by atoms with Crippen LogP contribution in [-0.2, 0) is 6.42 Å². The zero-order valence-electron chi connectivity index (χ0n) is 15.6. The summed E-state index contributed by atoms with van der Waals surface area (Å²) in [6.45, 7) is 3.37. The molecule has 27 heavy (non-hydrogen) atoms. The van der Waals surface area contributed by atoms with Crippen LogP contribution in [0, 0.1) is 0 Å². The number of ether oxygens (including phenoxy) is 2. The fourth-order valence-corrected chi connectivity index (χ4v) is 2.71. The molecule has 0 aliphatic carbocycles. The Morgan fingerprint density at radius 2 is 1.74 bits per heavy atom. The number of benzene rings is 2. The van der Waals surface area contributed by atoms with Gasteiger partial charge in [0.15, 0.2) is 0 Å². The summed E-state index contributed by atoms with van der Waals surface area (Å²) in [5, 5.41) is 6.60. The van der Waals surface area contributed by atoms with E-state index in [4.69, 9.17) is 9.47 Å². The second-order valence-electron chi connectivity index (χ2n) is 5.86. The Kier molecular flexibility index (Phi) is 6.46. The van der Waals surface area contributed by atoms with Crippen LogP contribution >= 0.6 is 0 Å². The molecule has 0 bridgehead atoms. The van der Waals surface area contributed by atoms with Gasteiger partial charge in [-0.2, -0.15) is 0 Å². The molecule has 0 atom stereocenters. The van der Waals surface area contributed by atoms with Crippen LogP contribution in [0.4, 0.5) is 17.3 Å². The standard InChI is InChI=1S/C21H24N4O2/c1-3-27-18-10-8-17(9-11-18)25-21-14-20(23-15-24-21)22-13-12-16-6-4-5-7-19(16)26-2/h4-11,14-15H,3,12-13H2,1-2H3,(H2,22,23,24,25). The highest BCUT2D eigenvalue weighted by molar-refractivity contribution is 5.59. The molecule has 3 aromatic rings. The van der Waals surface area contributed by atoms with Crippen LogP contribution in [0.1, 0.15) is 12.5 Å². The van der Waals surface area contributed by atoms with Crippen molar-refractivity contribution in [2.75, 3.05) is 30.9 Å². The average Bonchev–Trinajstić information content (AvgIpc) is 2.70. The lowest BCUT2D eigenvalue weighted by atomic mass is 10.1. The van der Waals surface area contributed by atoms with Crippen LogP contribution in [0.15, 0.2) is 60.9 Å². The zero-order chi connectivity index (χ0) is 18.9. The van der Waals surface area contributed by atoms with Gasteiger partial charge in [-0.3, -0.25) is 0 Å². The van der Waals surface area contributed by atoms with Crippen LogP contribution in [0.25, 0.3) is 0 Å². The van der Waals surface area contributed by atoms with Crippen molar-refractivity contribution in [2.24, 2.45) is 0 Å². The maximum atomic E-state index is 5.46. The molecule has 3 rings (SSSR count). The molecule has 0 aliphatic heterocycles. The summed E-state index contributed by atoms with van der Waals surface area (Å²) in [6.07, 6.45) is 2.39. The largest absolute Gasteiger partial charge is 0.496 e. The van der Waals surface area contributed by atoms with E-state index in [1.165, 1.54) is 0 Å². The molecule has 1 heterocycles. The summed E-state index contributed by atoms with van der Waals surface area (Å²) in [6, 6.07) is 17.7. The SMILES string of the molecule is CCOc1ccc(Nc2cc(NCCc3ccccc3OC)ncn2)cc1. The number of methoxy groups -OCH3 is 1. The number of aromatic nitrogens is 2. The van der Waals surface area contributed by atoms with Crippen molar-refractivity contribution in [1.29, 1.82) is 0 Å². The molecule has 1 aromatic heterocycles. The molecular formula is C21H24N4O2. The van der Waals surface area contributed by atoms with E-state index in [9.17, 15) is 0 Å². The van der Waals surface area contributed by atoms with E-state index in [1.807, 2.05) is 55.5 Å². The predicted molar refractivity (Wildman–Crippen MR) is 108 cm³/mol. The second-order valence-corrected chi connectivity index (χ2v) is 5.86. The first-order valence-corrected chi connectivity index (χ1v) is 8.96. The Morgan fingerprint density at radius 3 is 2.52 bits per heavy atom. The third-order valence-corrected chi connectivity index (χ3v) is 4.00. The van der Waals surface area contributed by atoms with E-state index in [2.05, 4.69) is 26.7 Å². The third-order valence-electron chi connectivity index (χ3n) is 4.00. The van der Waals surface area contributed by atoms with Crippen molar-refractivity contribution >= 4 is 17.3 Å². The van der Waals surface area contributed by atoms with Crippen LogP contribution in [-0.4, -0.2) is 30.2 Å². The minimum atomic E-state index is 0.655. The zero-order valence-corrected chi connectivity index (χ0v) is 15.6. The normalized spacial score (nSPS) is 10.3. The molecule has 0 saturated carbocycles. The van der Waals surface area contributed by atoms with E-state index in [1.54, 1.807) is 13.4 Å². The molecule has 0 radical (unpaired) electrons. The number of nitrogens with one attached hydrogen (secondary N) is 2. The van der Waals surface area contributed by atoms with E-state index in [-0.39, 0.29) is 0 Å². The lowest BCUT2D eigenvalue weighted by Gasteiger charge is -2.11. The topological polar surface area (TPSA) is 68.3 Å². The highest BCUT2D eigenvalue weighted by atomic mass is 16.5. The summed E-state index contributed by atoms with van der Waals surface area (Å²) < 4.78 is 10.8. The van der Waals surface area contributed by atoms with Gasteiger partial charge in [-0.1, -0.05) is 18.2 Å². The van der Waals surface area contributed by atoms with Crippen LogP contribution in [0.5, 0.6) is 11.5 Å². The van der Waals surface area contributed by atoms with Crippen LogP contribution in [0.3, 0.4) is 0 Å². The number of anilines is 3. The molecule has 0 amide bonds. The van der Waals surface area contributed by atoms with Crippen LogP contribution in [0.2, 0.25) is 0 Å². The van der Waals surface area contributed by atoms with Gasteiger partial charge < -0.3 is 20.1 Å². The Bertz CT molecular complexity index is 853. The van der Waals surface area contributed by atoms with Gasteiger partial charge in [-0.15, -0.1) is 0 Å². The molecule has 2 aromatic carbocycles. The third kappa shape index (κ3) is 5.34. The molecule has 0 aliphatic rings. The highest BCUT2D eigenvalue weighted by Gasteiger charge is 2.03. The van der Waals surface area contributed by atoms with Gasteiger partial charge in [0.05, 0.1) is 13.7 Å². The first-order chi connectivity index (χ1) is 13.3. The Hall–Kier alpha value is -3.28. The van der Waals surface area contributed by atoms with E-state index >= 15 is 0 Å². The van der Waals surface area contributed by atoms with Crippen molar-refractivity contribution in [2.45, 2.75) is 13.3 Å². The Morgan fingerprint density at radius 1 is 0.963 bits per heavy atom. The van der Waals surface area contributed by atoms with E-state index in [0.29, 0.717) is 6.61 Å². The van der Waals surface area contributed by atoms with Gasteiger partial charge in [0.25, 0.3) is 0 Å². The van der Waals surface area contributed by atoms with Crippen molar-refractivity contribution in [3.8, 4) is 11.5 Å². The molecule has 6 nitrogen and oxygen atoms in total. The fourth-order valence-electron chi connectivity index (χ4n) is 2.71. The quantitative estimate of drug-likeness (QED) is 0.591. The van der Waals surface area contributed by atoms with Gasteiger partial charge in [0, 0.05) is 18.3 Å². The molecule has 0 fully saturated rings. The van der Waals surface area contributed by atoms with Crippen molar-refractivity contribution < 1.29 is 9.47 Å². The van der Waals surface area contributed by atoms with E-state index < -0.39 is 0 Å². The van der Waals surface area contributed by atoms with Gasteiger partial charge in [-0.25, -0.2) is 9.97 Å². The van der Waals surface area contributed by atoms with Crippen molar-refractivity contribution in [3.63, 3.8) is 0 Å². The molecule has 0 saturated heterocycles. The second kappa shape index (κ2) is 9.43. The molecule has 0 unspecified atom stereocenters. The minimum Gasteiger partial charge on any atom is -0.496 e. The van der Waals surface area contributed by atoms with Gasteiger partial charge >= 0.3 is 0 Å². The van der Waals surface area contributed by atoms with Crippen LogP contribution < -0.4 is 20.1 Å². The monoisotopic (exact) mass is 364 g/mol. The fraction of sp³-hybridized carbons (Fsp3) is 0.238. The number of nitrogens with zero attached hydrogens (tertiary/aromatic N) is 2. The first kappa shape index (κ1) is 18.5. The number of rotatable bonds is 9. The summed E-state index contributed by atoms with van der Waals surface area (Å²) in [4.78, 5) is 8.55. The lowest BCUT2D eigenvalue weighted by Crippen LogP contribution is -2.08. The van der Waals surface area contributed by atoms with Gasteiger partial charge in [0.1, 0.15) is 29.5 Å². The summed E-state index contributed by atoms with van der Waals surface area (Å²) in [5.74, 6) is 3.26. The molecular weight excluding hydrogens is 340 g/mol. The molecule has 0 spiro atoms. The Labute approximate surface area is 159 Å². The molecule has 140 valence electrons. The molecule has 6 heteroatoms. The maximum Gasteiger partial charge on any atom is 0.135 e. The summed E-state index contributed by atoms with van der Waals surface area (Å²) >= 11 is 0. The molecule has 2 N–H and O–H groups in total. The number of hydrogen-bond donors (Lipinski definition) is 2. The minimum absolute atomic E-state index is 0.655. The first-order valence-electron chi connectivity index (χ1n) is 8.96. The van der Waals surface area contributed by atoms with Crippen molar-refractivity contribution in [1.82, 2.24) is 9.97 Å². The summed E-state index contributed by atoms with van der Waals surface area (Å²) in [7, 11) is 1.69. The number of para-hydroxylation sites is 1. The highest BCUT2D eigenvalue weighted by Crippen LogP contribution is 2.20. The van der Waals surface area contributed by atoms with E-state index in [0.717, 1.165) is 47.4 Å². The smallest absolute Gasteiger partial charge is 0.135 e. The van der Waals surface area contributed by atoms with Crippen molar-refractivity contribution in [3.05, 3.63) is 66.5 Å². The maximum absolute atomic E-state index is 5.46. The van der Waals surface area contributed by atoms with Gasteiger partial charge in [-0.05, 0) is 49.2 Å².